The van der Waals surface area contributed by atoms with Crippen LogP contribution in [0.3, 0.4) is 0 Å². The van der Waals surface area contributed by atoms with Crippen LogP contribution in [-0.2, 0) is 0 Å². The summed E-state index contributed by atoms with van der Waals surface area (Å²) in [6.07, 6.45) is 0. The number of carbonyl (C=O) groups is 1. The molecule has 80 valence electrons. The van der Waals surface area contributed by atoms with E-state index in [-0.39, 0.29) is 5.69 Å². The van der Waals surface area contributed by atoms with Gasteiger partial charge in [-0.2, -0.15) is 0 Å². The molecule has 1 amide bonds. The lowest BCUT2D eigenvalue weighted by Gasteiger charge is -2.04. The maximum atomic E-state index is 13.1. The van der Waals surface area contributed by atoms with Crippen molar-refractivity contribution >= 4 is 17.3 Å². The Kier molecular flexibility index (Phi) is 2.81. The van der Waals surface area contributed by atoms with Gasteiger partial charge in [0, 0.05) is 0 Å². The van der Waals surface area contributed by atoms with Crippen LogP contribution in [0.4, 0.5) is 15.8 Å². The zero-order valence-electron chi connectivity index (χ0n) is 7.36. The molecule has 0 saturated heterocycles. The first-order valence-electron chi connectivity index (χ1n) is 3.71. The van der Waals surface area contributed by atoms with Gasteiger partial charge in [-0.1, -0.05) is 0 Å². The highest BCUT2D eigenvalue weighted by Gasteiger charge is 2.21. The predicted molar refractivity (Wildman–Crippen MR) is 49.4 cm³/mol. The van der Waals surface area contributed by atoms with Gasteiger partial charge in [-0.3, -0.25) is 20.8 Å². The van der Waals surface area contributed by atoms with E-state index in [1.165, 1.54) is 0 Å². The van der Waals surface area contributed by atoms with Crippen molar-refractivity contribution < 1.29 is 14.1 Å². The average Bonchev–Trinajstić information content (AvgIpc) is 2.16. The van der Waals surface area contributed by atoms with E-state index in [0.717, 1.165) is 6.07 Å². The molecular formula is C7H7FN4O3. The van der Waals surface area contributed by atoms with Gasteiger partial charge in [-0.25, -0.2) is 4.39 Å². The summed E-state index contributed by atoms with van der Waals surface area (Å²) in [5.41, 5.74) is 5.50. The Morgan fingerprint density at radius 3 is 2.53 bits per heavy atom. The third-order valence-electron chi connectivity index (χ3n) is 1.70. The molecule has 0 unspecified atom stereocenters. The molecule has 0 bridgehead atoms. The molecule has 5 N–H and O–H groups in total. The molecule has 0 atom stereocenters. The van der Waals surface area contributed by atoms with E-state index in [1.54, 1.807) is 0 Å². The van der Waals surface area contributed by atoms with Gasteiger partial charge in [-0.05, 0) is 6.07 Å². The Morgan fingerprint density at radius 1 is 1.53 bits per heavy atom. The summed E-state index contributed by atoms with van der Waals surface area (Å²) in [7, 11) is 0. The van der Waals surface area contributed by atoms with E-state index in [9.17, 15) is 19.3 Å². The first kappa shape index (κ1) is 10.9. The number of hydrogen-bond acceptors (Lipinski definition) is 5. The van der Waals surface area contributed by atoms with Gasteiger partial charge in [0.25, 0.3) is 11.6 Å². The number of nitrogens with two attached hydrogens (primary N) is 2. The van der Waals surface area contributed by atoms with E-state index in [1.807, 2.05) is 5.43 Å². The number of benzene rings is 1. The molecule has 1 aromatic rings. The molecule has 8 heteroatoms. The Morgan fingerprint density at radius 2 is 2.13 bits per heavy atom. The van der Waals surface area contributed by atoms with Crippen LogP contribution in [0.2, 0.25) is 0 Å². The van der Waals surface area contributed by atoms with Crippen molar-refractivity contribution in [3.63, 3.8) is 0 Å². The summed E-state index contributed by atoms with van der Waals surface area (Å²) in [4.78, 5) is 20.4. The van der Waals surface area contributed by atoms with Crippen molar-refractivity contribution in [1.29, 1.82) is 0 Å². The Hall–Kier alpha value is -2.22. The lowest BCUT2D eigenvalue weighted by Crippen LogP contribution is -2.16. The lowest BCUT2D eigenvalue weighted by atomic mass is 10.1. The molecule has 0 saturated carbocycles. The van der Waals surface area contributed by atoms with Gasteiger partial charge in [0.05, 0.1) is 16.7 Å². The summed E-state index contributed by atoms with van der Waals surface area (Å²) >= 11 is 0. The molecule has 1 aromatic carbocycles. The quantitative estimate of drug-likeness (QED) is 0.374. The Labute approximate surface area is 83.0 Å². The van der Waals surface area contributed by atoms with Gasteiger partial charge in [0.1, 0.15) is 5.56 Å². The number of anilines is 1. The molecule has 0 heterocycles. The van der Waals surface area contributed by atoms with Crippen LogP contribution in [0, 0.1) is 15.9 Å². The molecule has 0 aliphatic heterocycles. The smallest absolute Gasteiger partial charge is 0.285 e. The predicted octanol–water partition coefficient (Wildman–Crippen LogP) is 0.118. The van der Waals surface area contributed by atoms with Crippen molar-refractivity contribution in [1.82, 2.24) is 0 Å². The van der Waals surface area contributed by atoms with Crippen LogP contribution in [0.15, 0.2) is 12.1 Å². The Bertz CT molecular complexity index is 434. The van der Waals surface area contributed by atoms with Crippen molar-refractivity contribution in [3.8, 4) is 0 Å². The number of carbonyl (C=O) groups excluding carboxylic acids is 1. The summed E-state index contributed by atoms with van der Waals surface area (Å²) in [5.74, 6) is 2.97. The van der Waals surface area contributed by atoms with Gasteiger partial charge in [-0.15, -0.1) is 0 Å². The number of primary amides is 1. The van der Waals surface area contributed by atoms with Crippen molar-refractivity contribution in [2.45, 2.75) is 0 Å². The highest BCUT2D eigenvalue weighted by Crippen LogP contribution is 2.25. The third kappa shape index (κ3) is 1.99. The standard InChI is InChI=1S/C7H7FN4O3/c8-4-2-6(12(14)15)3(7(9)13)1-5(4)11-10/h1-2,11H,10H2,(H2,9,13). The number of rotatable bonds is 3. The molecule has 0 aromatic heterocycles. The largest absolute Gasteiger partial charge is 0.365 e. The number of nitrogen functional groups attached to an aromatic ring is 1. The summed E-state index contributed by atoms with van der Waals surface area (Å²) in [5, 5.41) is 10.5. The van der Waals surface area contributed by atoms with Crippen LogP contribution in [-0.4, -0.2) is 10.8 Å². The van der Waals surface area contributed by atoms with Crippen LogP contribution < -0.4 is 17.0 Å². The number of amides is 1. The van der Waals surface area contributed by atoms with Crippen LogP contribution in [0.25, 0.3) is 0 Å². The summed E-state index contributed by atoms with van der Waals surface area (Å²) < 4.78 is 13.1. The van der Waals surface area contributed by atoms with Gasteiger partial charge in [0.2, 0.25) is 0 Å². The number of nitrogens with zero attached hydrogens (tertiary/aromatic N) is 1. The first-order valence-corrected chi connectivity index (χ1v) is 3.71. The molecule has 0 spiro atoms. The minimum absolute atomic E-state index is 0.241. The van der Waals surface area contributed by atoms with Crippen LogP contribution in [0.5, 0.6) is 0 Å². The van der Waals surface area contributed by atoms with E-state index in [2.05, 4.69) is 0 Å². The maximum Gasteiger partial charge on any atom is 0.285 e. The molecule has 7 nitrogen and oxygen atoms in total. The van der Waals surface area contributed by atoms with Crippen LogP contribution >= 0.6 is 0 Å². The Balaban J connectivity index is 3.45. The summed E-state index contributed by atoms with van der Waals surface area (Å²) in [6.45, 7) is 0. The normalized spacial score (nSPS) is 9.73. The second kappa shape index (κ2) is 3.88. The average molecular weight is 214 g/mol. The van der Waals surface area contributed by atoms with Gasteiger partial charge < -0.3 is 11.2 Å². The highest BCUT2D eigenvalue weighted by molar-refractivity contribution is 5.98. The zero-order valence-corrected chi connectivity index (χ0v) is 7.36. The minimum Gasteiger partial charge on any atom is -0.365 e. The second-order valence-corrected chi connectivity index (χ2v) is 2.61. The van der Waals surface area contributed by atoms with Gasteiger partial charge >= 0.3 is 0 Å². The van der Waals surface area contributed by atoms with E-state index in [4.69, 9.17) is 11.6 Å². The number of hydrazine groups is 1. The number of halogens is 1. The number of nitro groups is 1. The number of nitro benzene ring substituents is 1. The molecule has 0 radical (unpaired) electrons. The SMILES string of the molecule is NNc1cc(C(N)=O)c([N+](=O)[O-])cc1F. The van der Waals surface area contributed by atoms with Crippen molar-refractivity contribution in [2.24, 2.45) is 11.6 Å². The first-order chi connectivity index (χ1) is 6.97. The lowest BCUT2D eigenvalue weighted by molar-refractivity contribution is -0.385. The second-order valence-electron chi connectivity index (χ2n) is 2.61. The molecule has 1 rings (SSSR count). The highest BCUT2D eigenvalue weighted by atomic mass is 19.1. The third-order valence-corrected chi connectivity index (χ3v) is 1.70. The van der Waals surface area contributed by atoms with E-state index in [0.29, 0.717) is 6.07 Å². The minimum atomic E-state index is -1.03. The fourth-order valence-electron chi connectivity index (χ4n) is 1.02. The molecule has 0 aliphatic carbocycles. The number of hydrogen-bond donors (Lipinski definition) is 3. The molecular weight excluding hydrogens is 207 g/mol. The zero-order chi connectivity index (χ0) is 11.6. The van der Waals surface area contributed by atoms with Gasteiger partial charge in [0.15, 0.2) is 5.82 Å². The molecule has 15 heavy (non-hydrogen) atoms. The topological polar surface area (TPSA) is 124 Å². The van der Waals surface area contributed by atoms with E-state index >= 15 is 0 Å². The molecule has 0 fully saturated rings. The van der Waals surface area contributed by atoms with E-state index < -0.39 is 27.9 Å². The van der Waals surface area contributed by atoms with Crippen molar-refractivity contribution in [3.05, 3.63) is 33.6 Å². The fraction of sp³-hybridized carbons (Fsp3) is 0. The summed E-state index contributed by atoms with van der Waals surface area (Å²) in [6, 6.07) is 1.46. The maximum absolute atomic E-state index is 13.1. The fourth-order valence-corrected chi connectivity index (χ4v) is 1.02. The number of nitrogens with one attached hydrogen (secondary N) is 1. The van der Waals surface area contributed by atoms with Crippen LogP contribution in [0.1, 0.15) is 10.4 Å². The van der Waals surface area contributed by atoms with Crippen molar-refractivity contribution in [2.75, 3.05) is 5.43 Å². The monoisotopic (exact) mass is 214 g/mol. The molecule has 0 aliphatic rings.